The van der Waals surface area contributed by atoms with E-state index in [9.17, 15) is 43.2 Å². The second kappa shape index (κ2) is 28.3. The molecule has 0 aromatic heterocycles. The Kier molecular flexibility index (Phi) is 22.3. The molecule has 22 nitrogen and oxygen atoms in total. The highest BCUT2D eigenvalue weighted by atomic mass is 32.1. The van der Waals surface area contributed by atoms with Gasteiger partial charge in [-0.3, -0.25) is 67.5 Å². The van der Waals surface area contributed by atoms with Gasteiger partial charge < -0.3 is 34.1 Å². The lowest BCUT2D eigenvalue weighted by Gasteiger charge is -2.37. The van der Waals surface area contributed by atoms with Crippen LogP contribution in [0.15, 0.2) is 42.2 Å². The minimum atomic E-state index is -1.53. The third kappa shape index (κ3) is 14.7. The van der Waals surface area contributed by atoms with Crippen LogP contribution in [0.2, 0.25) is 0 Å². The molecular weight excluding hydrogens is 1080 g/mol. The number of esters is 2. The van der Waals surface area contributed by atoms with Gasteiger partial charge in [0.2, 0.25) is 36.3 Å². The summed E-state index contributed by atoms with van der Waals surface area (Å²) in [4.78, 5) is 162. The number of nitrogens with zero attached hydrogens (tertiary/aromatic N) is 6. The van der Waals surface area contributed by atoms with Gasteiger partial charge in [-0.2, -0.15) is 12.6 Å². The highest BCUT2D eigenvalue weighted by Gasteiger charge is 2.53. The highest BCUT2D eigenvalue weighted by Crippen LogP contribution is 2.36. The molecule has 1 aromatic carbocycles. The van der Waals surface area contributed by atoms with Crippen molar-refractivity contribution in [2.24, 2.45) is 41.4 Å². The largest absolute Gasteiger partial charge is 0.499 e. The van der Waals surface area contributed by atoms with Crippen LogP contribution in [0.4, 0.5) is 4.79 Å². The van der Waals surface area contributed by atoms with E-state index in [2.05, 4.69) is 17.9 Å². The molecule has 1 N–H and O–H groups in total. The summed E-state index contributed by atoms with van der Waals surface area (Å²) in [5.41, 5.74) is 0.817. The number of likely N-dealkylation sites (N-methyl/N-ethyl adjacent to an activating group) is 2. The first-order chi connectivity index (χ1) is 38.7. The van der Waals surface area contributed by atoms with E-state index in [1.54, 1.807) is 60.5 Å². The zero-order valence-electron chi connectivity index (χ0n) is 49.6. The van der Waals surface area contributed by atoms with E-state index in [0.29, 0.717) is 32.1 Å². The number of carbonyl (C=O) groups is 11. The molecule has 23 heteroatoms. The molecular formula is C59H85N7O15S. The van der Waals surface area contributed by atoms with Crippen molar-refractivity contribution in [3.05, 3.63) is 47.7 Å². The predicted octanol–water partition coefficient (Wildman–Crippen LogP) is 4.03. The number of hydrogen-bond acceptors (Lipinski definition) is 17. The van der Waals surface area contributed by atoms with Crippen LogP contribution in [0.25, 0.3) is 0 Å². The molecule has 1 aliphatic carbocycles. The lowest BCUT2D eigenvalue weighted by Crippen LogP contribution is -2.61. The Labute approximate surface area is 487 Å². The van der Waals surface area contributed by atoms with Crippen LogP contribution < -0.4 is 5.32 Å². The summed E-state index contributed by atoms with van der Waals surface area (Å²) in [5.74, 6) is -9.33. The van der Waals surface area contributed by atoms with E-state index in [1.807, 2.05) is 44.2 Å². The van der Waals surface area contributed by atoms with Crippen molar-refractivity contribution >= 4 is 77.8 Å². The molecule has 4 fully saturated rings. The average molecular weight is 1160 g/mol. The monoisotopic (exact) mass is 1160 g/mol. The Bertz CT molecular complexity index is 2580. The number of ether oxygens (including phenoxy) is 4. The van der Waals surface area contributed by atoms with Crippen LogP contribution >= 0.6 is 12.6 Å². The summed E-state index contributed by atoms with van der Waals surface area (Å²) in [6.45, 7) is 13.5. The number of imide groups is 2. The third-order valence-electron chi connectivity index (χ3n) is 16.6. The summed E-state index contributed by atoms with van der Waals surface area (Å²) in [7, 11) is 6.26. The maximum absolute atomic E-state index is 15.4. The van der Waals surface area contributed by atoms with E-state index in [1.165, 1.54) is 34.9 Å². The van der Waals surface area contributed by atoms with Gasteiger partial charge in [-0.25, -0.2) is 4.79 Å². The number of thiol groups is 1. The topological polar surface area (TPSA) is 256 Å². The van der Waals surface area contributed by atoms with Crippen molar-refractivity contribution in [2.75, 3.05) is 54.7 Å². The molecule has 4 aliphatic heterocycles. The number of methoxy groups -OCH3 is 1. The molecule has 1 unspecified atom stereocenters. The molecule has 5 aliphatic rings. The van der Waals surface area contributed by atoms with Crippen LogP contribution in [0.1, 0.15) is 112 Å². The summed E-state index contributed by atoms with van der Waals surface area (Å²) in [5, 5.41) is 2.29. The first-order valence-electron chi connectivity index (χ1n) is 28.8. The molecule has 82 heavy (non-hydrogen) atoms. The molecule has 8 amide bonds. The van der Waals surface area contributed by atoms with Crippen molar-refractivity contribution in [2.45, 2.75) is 161 Å². The van der Waals surface area contributed by atoms with Crippen molar-refractivity contribution in [3.63, 3.8) is 0 Å². The molecule has 1 saturated carbocycles. The molecule has 9 atom stereocenters. The Morgan fingerprint density at radius 2 is 1.39 bits per heavy atom. The Hall–Kier alpha value is -6.36. The number of nitrogens with one attached hydrogen (secondary N) is 1. The quantitative estimate of drug-likeness (QED) is 0.0679. The van der Waals surface area contributed by atoms with E-state index in [-0.39, 0.29) is 74.7 Å². The van der Waals surface area contributed by atoms with Crippen LogP contribution in [0.3, 0.4) is 0 Å². The lowest BCUT2D eigenvalue weighted by molar-refractivity contribution is -0.170. The molecule has 3 saturated heterocycles. The molecule has 452 valence electrons. The van der Waals surface area contributed by atoms with Gasteiger partial charge in [-0.1, -0.05) is 85.7 Å². The standard InChI is InChI=1S/C59H85N7O15S/c1-32(2)46(60-52(70)47(33(3)4)61(9)10)50(69)49-39(58(76)81-51(35(7)8)56(74)66-41(42(78-12)28-45(66)68)27-36-17-14-13-15-18-36)24-26-64(49)53(71)40-19-16-25-63(40)55(73)48(34(5)6)62(11)59(77)80-31-79-57(75)38-22-20-37(21-23-38)30-65-44(67)29-43(82)54(65)72/h13-15,17-18,28,32-35,37-41,43,46-49,51,82H,16,19-27,29-31H2,1-12H3,(H,60,70)/t37?,38?,39-,40+,41+,43?,46+,47+,48+,49-,51+/m1/s1. The van der Waals surface area contributed by atoms with Crippen molar-refractivity contribution in [3.8, 4) is 0 Å². The summed E-state index contributed by atoms with van der Waals surface area (Å²) in [6.07, 6.45) is 1.56. The fraction of sp³-hybridized carbons (Fsp3) is 0.678. The number of rotatable bonds is 23. The van der Waals surface area contributed by atoms with Crippen LogP contribution in [-0.2, 0) is 73.3 Å². The second-order valence-corrected chi connectivity index (χ2v) is 24.6. The summed E-state index contributed by atoms with van der Waals surface area (Å²) in [6, 6.07) is 2.65. The van der Waals surface area contributed by atoms with E-state index in [4.69, 9.17) is 18.9 Å². The van der Waals surface area contributed by atoms with Crippen molar-refractivity contribution < 1.29 is 71.7 Å². The van der Waals surface area contributed by atoms with Crippen LogP contribution in [0, 0.1) is 41.4 Å². The van der Waals surface area contributed by atoms with Gasteiger partial charge >= 0.3 is 18.0 Å². The third-order valence-corrected chi connectivity index (χ3v) is 17.0. The first kappa shape index (κ1) is 64.8. The number of amides is 8. The summed E-state index contributed by atoms with van der Waals surface area (Å²) < 4.78 is 22.4. The van der Waals surface area contributed by atoms with Gasteiger partial charge in [-0.15, -0.1) is 0 Å². The van der Waals surface area contributed by atoms with Gasteiger partial charge in [0, 0.05) is 45.6 Å². The van der Waals surface area contributed by atoms with Gasteiger partial charge in [-0.05, 0) is 94.2 Å². The highest BCUT2D eigenvalue weighted by molar-refractivity contribution is 7.81. The van der Waals surface area contributed by atoms with Crippen molar-refractivity contribution in [1.82, 2.24) is 34.7 Å². The number of benzene rings is 1. The maximum Gasteiger partial charge on any atom is 0.413 e. The fourth-order valence-corrected chi connectivity index (χ4v) is 12.6. The molecule has 1 aromatic rings. The zero-order valence-corrected chi connectivity index (χ0v) is 50.5. The zero-order chi connectivity index (χ0) is 60.6. The number of hydrogen-bond donors (Lipinski definition) is 2. The minimum absolute atomic E-state index is 0.0275. The number of carbonyl (C=O) groups excluding carboxylic acids is 11. The van der Waals surface area contributed by atoms with E-state index >= 15 is 9.59 Å². The molecule has 6 rings (SSSR count). The number of likely N-dealkylation sites (tertiary alicyclic amines) is 3. The second-order valence-electron chi connectivity index (χ2n) is 24.0. The Morgan fingerprint density at radius 3 is 1.95 bits per heavy atom. The Balaban J connectivity index is 1.18. The van der Waals surface area contributed by atoms with E-state index < -0.39 is 137 Å². The van der Waals surface area contributed by atoms with Gasteiger partial charge in [0.25, 0.3) is 11.8 Å². The smallest absolute Gasteiger partial charge is 0.413 e. The SMILES string of the molecule is COC1=CC(=O)N(C(=O)[C@@H](OC(=O)[C@@H]2CCN(C(=O)[C@@H]3CCCN3C(=O)[C@H](C(C)C)N(C)C(=O)OCOC(=O)C3CCC(CN4C(=O)CC(S)C4=O)CC3)[C@H]2C(=O)[C@@H](NC(=O)[C@H](C(C)C)N(C)C)C(C)C)C(C)C)[C@H]1Cc1ccccc1. The molecule has 4 heterocycles. The van der Waals surface area contributed by atoms with Gasteiger partial charge in [0.05, 0.1) is 36.3 Å². The minimum Gasteiger partial charge on any atom is -0.499 e. The number of Topliss-reactive ketones (excluding diaryl/α,β-unsaturated/α-hetero) is 1. The molecule has 0 radical (unpaired) electrons. The predicted molar refractivity (Wildman–Crippen MR) is 301 cm³/mol. The van der Waals surface area contributed by atoms with Gasteiger partial charge in [0.1, 0.15) is 29.9 Å². The average Bonchev–Trinajstić information content (AvgIpc) is 4.42. The van der Waals surface area contributed by atoms with Gasteiger partial charge in [0.15, 0.2) is 11.9 Å². The van der Waals surface area contributed by atoms with E-state index in [0.717, 1.165) is 15.4 Å². The summed E-state index contributed by atoms with van der Waals surface area (Å²) >= 11 is 4.19. The normalized spacial score (nSPS) is 24.5. The van der Waals surface area contributed by atoms with Crippen molar-refractivity contribution in [1.29, 1.82) is 0 Å². The van der Waals surface area contributed by atoms with Crippen LogP contribution in [-0.4, -0.2) is 197 Å². The molecule has 0 spiro atoms. The molecule has 0 bridgehead atoms. The first-order valence-corrected chi connectivity index (χ1v) is 29.3. The van der Waals surface area contributed by atoms with Crippen LogP contribution in [0.5, 0.6) is 0 Å². The fourth-order valence-electron chi connectivity index (χ4n) is 12.4. The maximum atomic E-state index is 15.4. The lowest BCUT2D eigenvalue weighted by atomic mass is 9.82. The Morgan fingerprint density at radius 1 is 0.744 bits per heavy atom. The number of ketones is 1.